The molecule has 1 aliphatic heterocycles. The second-order valence-corrected chi connectivity index (χ2v) is 5.58. The summed E-state index contributed by atoms with van der Waals surface area (Å²) in [5.74, 6) is -2.09. The molecule has 0 aromatic heterocycles. The fourth-order valence-electron chi connectivity index (χ4n) is 2.42. The summed E-state index contributed by atoms with van der Waals surface area (Å²) in [4.78, 5) is 16.3. The molecule has 0 bridgehead atoms. The number of benzene rings is 1. The van der Waals surface area contributed by atoms with Crippen molar-refractivity contribution in [2.24, 2.45) is 0 Å². The largest absolute Gasteiger partial charge is 0.325 e. The lowest BCUT2D eigenvalue weighted by atomic mass is 10.2. The first-order chi connectivity index (χ1) is 9.95. The number of nitrogens with zero attached hydrogens (tertiary/aromatic N) is 2. The van der Waals surface area contributed by atoms with Gasteiger partial charge < -0.3 is 5.32 Å². The molecule has 2 rings (SSSR count). The summed E-state index contributed by atoms with van der Waals surface area (Å²) < 4.78 is 25.9. The van der Waals surface area contributed by atoms with Gasteiger partial charge in [-0.05, 0) is 26.0 Å². The van der Waals surface area contributed by atoms with Crippen LogP contribution in [0.25, 0.3) is 0 Å². The Morgan fingerprint density at radius 2 is 1.86 bits per heavy atom. The minimum atomic E-state index is -0.960. The third-order valence-corrected chi connectivity index (χ3v) is 3.71. The number of carbonyl (C=O) groups is 1. The number of rotatable bonds is 4. The number of anilines is 1. The van der Waals surface area contributed by atoms with Crippen LogP contribution in [0.4, 0.5) is 14.5 Å². The topological polar surface area (TPSA) is 35.6 Å². The van der Waals surface area contributed by atoms with E-state index in [0.717, 1.165) is 38.3 Å². The van der Waals surface area contributed by atoms with E-state index in [9.17, 15) is 13.6 Å². The highest BCUT2D eigenvalue weighted by Crippen LogP contribution is 2.13. The smallest absolute Gasteiger partial charge is 0.238 e. The predicted octanol–water partition coefficient (Wildman–Crippen LogP) is 1.93. The fraction of sp³-hybridized carbons (Fsp3) is 0.533. The Bertz CT molecular complexity index is 500. The van der Waals surface area contributed by atoms with Crippen molar-refractivity contribution >= 4 is 11.6 Å². The quantitative estimate of drug-likeness (QED) is 0.922. The van der Waals surface area contributed by atoms with E-state index in [1.165, 1.54) is 6.07 Å². The highest BCUT2D eigenvalue weighted by molar-refractivity contribution is 5.92. The van der Waals surface area contributed by atoms with Crippen LogP contribution in [0.5, 0.6) is 0 Å². The molecule has 1 N–H and O–H groups in total. The lowest BCUT2D eigenvalue weighted by molar-refractivity contribution is -0.117. The van der Waals surface area contributed by atoms with Gasteiger partial charge in [0.15, 0.2) is 11.6 Å². The summed E-state index contributed by atoms with van der Waals surface area (Å²) in [6.07, 6.45) is 0. The zero-order chi connectivity index (χ0) is 15.4. The molecule has 0 radical (unpaired) electrons. The molecule has 1 aromatic rings. The minimum Gasteiger partial charge on any atom is -0.325 e. The Morgan fingerprint density at radius 1 is 1.19 bits per heavy atom. The van der Waals surface area contributed by atoms with E-state index in [1.54, 1.807) is 0 Å². The first kappa shape index (κ1) is 15.9. The van der Waals surface area contributed by atoms with Crippen LogP contribution in [0.3, 0.4) is 0 Å². The molecule has 1 fully saturated rings. The Morgan fingerprint density at radius 3 is 2.43 bits per heavy atom. The SMILES string of the molecule is CC(C)N1CCN(CC(=O)Nc2ccc(F)c(F)c2)CC1. The molecule has 0 saturated carbocycles. The monoisotopic (exact) mass is 297 g/mol. The van der Waals surface area contributed by atoms with E-state index in [4.69, 9.17) is 0 Å². The molecule has 1 saturated heterocycles. The number of hydrogen-bond donors (Lipinski definition) is 1. The fourth-order valence-corrected chi connectivity index (χ4v) is 2.42. The van der Waals surface area contributed by atoms with Crippen molar-refractivity contribution < 1.29 is 13.6 Å². The van der Waals surface area contributed by atoms with E-state index in [1.807, 2.05) is 0 Å². The van der Waals surface area contributed by atoms with Gasteiger partial charge in [0.05, 0.1) is 6.54 Å². The highest BCUT2D eigenvalue weighted by Gasteiger charge is 2.20. The summed E-state index contributed by atoms with van der Waals surface area (Å²) >= 11 is 0. The van der Waals surface area contributed by atoms with Gasteiger partial charge in [0.1, 0.15) is 0 Å². The highest BCUT2D eigenvalue weighted by atomic mass is 19.2. The third-order valence-electron chi connectivity index (χ3n) is 3.71. The zero-order valence-electron chi connectivity index (χ0n) is 12.4. The number of halogens is 2. The van der Waals surface area contributed by atoms with Crippen LogP contribution < -0.4 is 5.32 Å². The van der Waals surface area contributed by atoms with Crippen LogP contribution in [0.1, 0.15) is 13.8 Å². The van der Waals surface area contributed by atoms with Crippen LogP contribution in [-0.4, -0.2) is 54.5 Å². The first-order valence-electron chi connectivity index (χ1n) is 7.17. The van der Waals surface area contributed by atoms with Gasteiger partial charge in [-0.3, -0.25) is 14.6 Å². The van der Waals surface area contributed by atoms with Crippen LogP contribution in [0, 0.1) is 11.6 Å². The maximum absolute atomic E-state index is 13.1. The standard InChI is InChI=1S/C15H21F2N3O/c1-11(2)20-7-5-19(6-8-20)10-15(21)18-12-3-4-13(16)14(17)9-12/h3-4,9,11H,5-8,10H2,1-2H3,(H,18,21). The Hall–Kier alpha value is -1.53. The Kier molecular flexibility index (Phi) is 5.25. The molecule has 1 amide bonds. The zero-order valence-corrected chi connectivity index (χ0v) is 12.4. The van der Waals surface area contributed by atoms with Crippen molar-refractivity contribution in [3.8, 4) is 0 Å². The lowest BCUT2D eigenvalue weighted by Gasteiger charge is -2.36. The van der Waals surface area contributed by atoms with Crippen molar-refractivity contribution in [1.29, 1.82) is 0 Å². The number of nitrogens with one attached hydrogen (secondary N) is 1. The molecule has 21 heavy (non-hydrogen) atoms. The lowest BCUT2D eigenvalue weighted by Crippen LogP contribution is -2.50. The number of hydrogen-bond acceptors (Lipinski definition) is 3. The average Bonchev–Trinajstić information content (AvgIpc) is 2.43. The van der Waals surface area contributed by atoms with Crippen molar-refractivity contribution in [2.45, 2.75) is 19.9 Å². The van der Waals surface area contributed by atoms with Crippen LogP contribution in [0.15, 0.2) is 18.2 Å². The van der Waals surface area contributed by atoms with Gasteiger partial charge in [0, 0.05) is 44.0 Å². The molecular weight excluding hydrogens is 276 g/mol. The van der Waals surface area contributed by atoms with Crippen molar-refractivity contribution in [3.63, 3.8) is 0 Å². The van der Waals surface area contributed by atoms with E-state index < -0.39 is 11.6 Å². The normalized spacial score (nSPS) is 17.2. The van der Waals surface area contributed by atoms with E-state index in [-0.39, 0.29) is 18.1 Å². The second kappa shape index (κ2) is 6.95. The van der Waals surface area contributed by atoms with Crippen LogP contribution in [-0.2, 0) is 4.79 Å². The van der Waals surface area contributed by atoms with Gasteiger partial charge in [-0.25, -0.2) is 8.78 Å². The summed E-state index contributed by atoms with van der Waals surface area (Å²) in [5.41, 5.74) is 0.278. The maximum Gasteiger partial charge on any atom is 0.238 e. The molecule has 1 heterocycles. The van der Waals surface area contributed by atoms with E-state index in [2.05, 4.69) is 29.0 Å². The predicted molar refractivity (Wildman–Crippen MR) is 78.1 cm³/mol. The minimum absolute atomic E-state index is 0.209. The molecular formula is C15H21F2N3O. The van der Waals surface area contributed by atoms with Gasteiger partial charge in [-0.1, -0.05) is 0 Å². The maximum atomic E-state index is 13.1. The summed E-state index contributed by atoms with van der Waals surface area (Å²) in [6, 6.07) is 3.87. The van der Waals surface area contributed by atoms with Crippen LogP contribution in [0.2, 0.25) is 0 Å². The van der Waals surface area contributed by atoms with Gasteiger partial charge in [-0.2, -0.15) is 0 Å². The van der Waals surface area contributed by atoms with Gasteiger partial charge in [0.2, 0.25) is 5.91 Å². The molecule has 0 spiro atoms. The summed E-state index contributed by atoms with van der Waals surface area (Å²) in [5, 5.41) is 2.59. The molecule has 1 aliphatic rings. The molecule has 4 nitrogen and oxygen atoms in total. The van der Waals surface area contributed by atoms with E-state index >= 15 is 0 Å². The van der Waals surface area contributed by atoms with Crippen molar-refractivity contribution in [1.82, 2.24) is 9.80 Å². The number of piperazine rings is 1. The molecule has 0 unspecified atom stereocenters. The number of amides is 1. The molecule has 116 valence electrons. The molecule has 0 aliphatic carbocycles. The Balaban J connectivity index is 1.81. The van der Waals surface area contributed by atoms with Gasteiger partial charge in [0.25, 0.3) is 0 Å². The molecule has 0 atom stereocenters. The first-order valence-corrected chi connectivity index (χ1v) is 7.17. The number of carbonyl (C=O) groups excluding carboxylic acids is 1. The van der Waals surface area contributed by atoms with Crippen molar-refractivity contribution in [3.05, 3.63) is 29.8 Å². The third kappa shape index (κ3) is 4.47. The van der Waals surface area contributed by atoms with Gasteiger partial charge in [-0.15, -0.1) is 0 Å². The summed E-state index contributed by atoms with van der Waals surface area (Å²) in [7, 11) is 0. The van der Waals surface area contributed by atoms with E-state index in [0.29, 0.717) is 6.04 Å². The molecule has 1 aromatic carbocycles. The van der Waals surface area contributed by atoms with Gasteiger partial charge >= 0.3 is 0 Å². The second-order valence-electron chi connectivity index (χ2n) is 5.58. The Labute approximate surface area is 123 Å². The summed E-state index contributed by atoms with van der Waals surface area (Å²) in [6.45, 7) is 8.14. The molecule has 6 heteroatoms. The van der Waals surface area contributed by atoms with Crippen molar-refractivity contribution in [2.75, 3.05) is 38.0 Å². The average molecular weight is 297 g/mol. The van der Waals surface area contributed by atoms with Crippen LogP contribution >= 0.6 is 0 Å².